The quantitative estimate of drug-likeness (QED) is 0.728. The minimum absolute atomic E-state index is 0.0511. The highest BCUT2D eigenvalue weighted by Gasteiger charge is 2.51. The van der Waals surface area contributed by atoms with Gasteiger partial charge in [-0.25, -0.2) is 4.98 Å². The van der Waals surface area contributed by atoms with Gasteiger partial charge in [0.15, 0.2) is 0 Å². The minimum Gasteiger partial charge on any atom is -0.382 e. The number of amides is 1. The van der Waals surface area contributed by atoms with E-state index in [1.165, 1.54) is 0 Å². The normalized spacial score (nSPS) is 27.3. The molecule has 2 unspecified atom stereocenters. The number of thiophene rings is 1. The van der Waals surface area contributed by atoms with E-state index in [0.717, 1.165) is 28.8 Å². The van der Waals surface area contributed by atoms with Gasteiger partial charge in [0.25, 0.3) is 5.91 Å². The van der Waals surface area contributed by atoms with Crippen molar-refractivity contribution in [1.82, 2.24) is 24.6 Å². The summed E-state index contributed by atoms with van der Waals surface area (Å²) in [6.45, 7) is 0. The van der Waals surface area contributed by atoms with Gasteiger partial charge in [0.2, 0.25) is 0 Å². The molecule has 5 heterocycles. The lowest BCUT2D eigenvalue weighted by molar-refractivity contribution is -0.0555. The molecule has 0 saturated carbocycles. The zero-order valence-electron chi connectivity index (χ0n) is 15.0. The molecule has 2 fully saturated rings. The highest BCUT2D eigenvalue weighted by Crippen LogP contribution is 2.46. The Hall–Kier alpha value is -2.45. The van der Waals surface area contributed by atoms with E-state index in [-0.39, 0.29) is 18.0 Å². The van der Waals surface area contributed by atoms with Gasteiger partial charge in [0.1, 0.15) is 11.4 Å². The van der Waals surface area contributed by atoms with Crippen LogP contribution in [0.5, 0.6) is 0 Å². The topological polar surface area (TPSA) is 87.0 Å². The van der Waals surface area contributed by atoms with Crippen molar-refractivity contribution in [2.75, 3.05) is 0 Å². The molecule has 2 saturated heterocycles. The van der Waals surface area contributed by atoms with Gasteiger partial charge < -0.3 is 14.6 Å². The number of piperidine rings is 1. The van der Waals surface area contributed by atoms with Crippen molar-refractivity contribution < 1.29 is 9.90 Å². The fourth-order valence-corrected chi connectivity index (χ4v) is 5.55. The Labute approximate surface area is 160 Å². The molecule has 2 atom stereocenters. The van der Waals surface area contributed by atoms with Crippen LogP contribution < -0.4 is 0 Å². The zero-order valence-corrected chi connectivity index (χ0v) is 15.8. The van der Waals surface area contributed by atoms with E-state index in [1.807, 2.05) is 40.4 Å². The van der Waals surface area contributed by atoms with Gasteiger partial charge in [-0.15, -0.1) is 11.3 Å². The first-order valence-corrected chi connectivity index (χ1v) is 10.0. The number of carbonyl (C=O) groups is 1. The molecule has 1 amide bonds. The number of rotatable bonds is 3. The maximum atomic E-state index is 13.2. The third-order valence-corrected chi connectivity index (χ3v) is 6.85. The number of aromatic nitrogens is 4. The van der Waals surface area contributed by atoms with Crippen LogP contribution in [0.15, 0.2) is 36.2 Å². The maximum absolute atomic E-state index is 13.2. The number of fused-ring (bicyclic) bond motifs is 2. The Morgan fingerprint density at radius 1 is 1.37 bits per heavy atom. The van der Waals surface area contributed by atoms with Gasteiger partial charge in [-0.1, -0.05) is 0 Å². The lowest BCUT2D eigenvalue weighted by atomic mass is 9.85. The average Bonchev–Trinajstić information content (AvgIpc) is 3.40. The fraction of sp³-hybridized carbons (Fsp3) is 0.421. The first-order chi connectivity index (χ1) is 13.0. The van der Waals surface area contributed by atoms with Gasteiger partial charge in [0.05, 0.1) is 11.8 Å². The third kappa shape index (κ3) is 2.62. The second kappa shape index (κ2) is 6.03. The van der Waals surface area contributed by atoms with Crippen LogP contribution in [0.1, 0.15) is 41.9 Å². The number of aliphatic hydroxyl groups is 1. The van der Waals surface area contributed by atoms with Crippen LogP contribution in [0.25, 0.3) is 10.4 Å². The summed E-state index contributed by atoms with van der Waals surface area (Å²) in [4.78, 5) is 20.6. The first-order valence-electron chi connectivity index (χ1n) is 9.16. The highest BCUT2D eigenvalue weighted by atomic mass is 32.1. The molecule has 2 bridgehead atoms. The van der Waals surface area contributed by atoms with Crippen LogP contribution in [0.3, 0.4) is 0 Å². The van der Waals surface area contributed by atoms with Crippen molar-refractivity contribution in [2.24, 2.45) is 7.05 Å². The lowest BCUT2D eigenvalue weighted by Crippen LogP contribution is -2.52. The summed E-state index contributed by atoms with van der Waals surface area (Å²) in [6.07, 6.45) is 10.1. The molecule has 5 rings (SSSR count). The predicted octanol–water partition coefficient (Wildman–Crippen LogP) is 2.53. The van der Waals surface area contributed by atoms with Crippen LogP contribution in [0.2, 0.25) is 0 Å². The first kappa shape index (κ1) is 16.7. The Kier molecular flexibility index (Phi) is 3.73. The van der Waals surface area contributed by atoms with Gasteiger partial charge >= 0.3 is 0 Å². The van der Waals surface area contributed by atoms with E-state index < -0.39 is 5.60 Å². The smallest absolute Gasteiger partial charge is 0.255 e. The molecule has 8 heteroatoms. The number of hydrogen-bond acceptors (Lipinski definition) is 5. The number of hydrogen-bond donors (Lipinski definition) is 2. The second-order valence-electron chi connectivity index (χ2n) is 7.59. The number of imidazole rings is 1. The summed E-state index contributed by atoms with van der Waals surface area (Å²) in [5.41, 5.74) is 0.748. The highest BCUT2D eigenvalue weighted by molar-refractivity contribution is 7.13. The Morgan fingerprint density at radius 2 is 2.15 bits per heavy atom. The Balaban J connectivity index is 1.40. The number of H-pyrrole nitrogens is 1. The molecule has 140 valence electrons. The summed E-state index contributed by atoms with van der Waals surface area (Å²) in [6, 6.07) is 2.04. The van der Waals surface area contributed by atoms with E-state index >= 15 is 0 Å². The van der Waals surface area contributed by atoms with E-state index in [0.29, 0.717) is 18.7 Å². The molecule has 0 radical (unpaired) electrons. The van der Waals surface area contributed by atoms with Gasteiger partial charge in [-0.3, -0.25) is 9.89 Å². The molecular weight excluding hydrogens is 362 g/mol. The summed E-state index contributed by atoms with van der Waals surface area (Å²) in [5, 5.41) is 20.0. The molecule has 0 aromatic carbocycles. The average molecular weight is 383 g/mol. The van der Waals surface area contributed by atoms with Crippen LogP contribution in [-0.2, 0) is 12.6 Å². The van der Waals surface area contributed by atoms with Gasteiger partial charge in [-0.05, 0) is 18.9 Å². The van der Waals surface area contributed by atoms with Crippen molar-refractivity contribution in [1.29, 1.82) is 0 Å². The zero-order chi connectivity index (χ0) is 18.6. The van der Waals surface area contributed by atoms with Crippen molar-refractivity contribution in [3.05, 3.63) is 47.6 Å². The second-order valence-corrected chi connectivity index (χ2v) is 8.50. The van der Waals surface area contributed by atoms with Crippen molar-refractivity contribution >= 4 is 17.2 Å². The standard InChI is InChI=1S/C19H21N5O2S/c1-23-5-4-20-18(23)19(26)7-14-2-3-15(8-19)24(14)17(25)12-6-16(27-11-12)13-9-21-22-10-13/h4-6,9-11,14-15,26H,2-3,7-8H2,1H3,(H,21,22). The number of aromatic amines is 1. The molecule has 2 N–H and O–H groups in total. The van der Waals surface area contributed by atoms with Crippen LogP contribution in [0.4, 0.5) is 0 Å². The number of aryl methyl sites for hydroxylation is 1. The number of carbonyl (C=O) groups excluding carboxylic acids is 1. The SMILES string of the molecule is Cn1ccnc1C1(O)CC2CCC(C1)N2C(=O)c1csc(-c2cn[nH]c2)c1. The largest absolute Gasteiger partial charge is 0.382 e. The molecule has 0 spiro atoms. The maximum Gasteiger partial charge on any atom is 0.255 e. The summed E-state index contributed by atoms with van der Waals surface area (Å²) in [5.74, 6) is 0.764. The van der Waals surface area contributed by atoms with Gasteiger partial charge in [-0.2, -0.15) is 5.10 Å². The monoisotopic (exact) mass is 383 g/mol. The molecule has 2 aliphatic heterocycles. The third-order valence-electron chi connectivity index (χ3n) is 5.87. The molecular formula is C19H21N5O2S. The Bertz CT molecular complexity index is 962. The van der Waals surface area contributed by atoms with Crippen LogP contribution in [0, 0.1) is 0 Å². The van der Waals surface area contributed by atoms with Crippen LogP contribution in [-0.4, -0.2) is 47.7 Å². The molecule has 2 aliphatic rings. The van der Waals surface area contributed by atoms with E-state index in [4.69, 9.17) is 0 Å². The van der Waals surface area contributed by atoms with Crippen LogP contribution >= 0.6 is 11.3 Å². The van der Waals surface area contributed by atoms with E-state index in [9.17, 15) is 9.90 Å². The van der Waals surface area contributed by atoms with Crippen molar-refractivity contribution in [3.63, 3.8) is 0 Å². The fourth-order valence-electron chi connectivity index (χ4n) is 4.69. The Morgan fingerprint density at radius 3 is 2.78 bits per heavy atom. The summed E-state index contributed by atoms with van der Waals surface area (Å²) >= 11 is 1.55. The van der Waals surface area contributed by atoms with Crippen molar-refractivity contribution in [3.8, 4) is 10.4 Å². The summed E-state index contributed by atoms with van der Waals surface area (Å²) < 4.78 is 1.88. The molecule has 3 aromatic rings. The molecule has 0 aliphatic carbocycles. The number of nitrogens with one attached hydrogen (secondary N) is 1. The number of nitrogens with zero attached hydrogens (tertiary/aromatic N) is 4. The molecule has 27 heavy (non-hydrogen) atoms. The molecule has 3 aromatic heterocycles. The predicted molar refractivity (Wildman–Crippen MR) is 101 cm³/mol. The molecule has 7 nitrogen and oxygen atoms in total. The summed E-state index contributed by atoms with van der Waals surface area (Å²) in [7, 11) is 1.91. The van der Waals surface area contributed by atoms with E-state index in [2.05, 4.69) is 15.2 Å². The lowest BCUT2D eigenvalue weighted by Gasteiger charge is -2.43. The van der Waals surface area contributed by atoms with Gasteiger partial charge in [0, 0.05) is 66.4 Å². The van der Waals surface area contributed by atoms with E-state index in [1.54, 1.807) is 23.7 Å². The van der Waals surface area contributed by atoms with Crippen molar-refractivity contribution in [2.45, 2.75) is 43.4 Å². The minimum atomic E-state index is -0.961.